The first-order valence-corrected chi connectivity index (χ1v) is 11.8. The lowest BCUT2D eigenvalue weighted by molar-refractivity contribution is -0.131. The standard InChI is InChI=1S/C22H25N3O2S2/c1-13-14(2)29-21-19(13)20(26)23-18(24-21)12-28-15(3)22(27)25-11-7-10-17(25)16-8-5-4-6-9-16/h4-6,8-9,15,17H,7,10-12H2,1-3H3,(H,23,24,26). The summed E-state index contributed by atoms with van der Waals surface area (Å²) >= 11 is 3.08. The number of thioether (sulfide) groups is 1. The van der Waals surface area contributed by atoms with Crippen molar-refractivity contribution in [3.8, 4) is 0 Å². The molecule has 3 aromatic rings. The van der Waals surface area contributed by atoms with Crippen LogP contribution in [0.4, 0.5) is 0 Å². The van der Waals surface area contributed by atoms with Gasteiger partial charge in [-0.3, -0.25) is 9.59 Å². The maximum Gasteiger partial charge on any atom is 0.259 e. The number of carbonyl (C=O) groups is 1. The van der Waals surface area contributed by atoms with Crippen LogP contribution in [0.3, 0.4) is 0 Å². The number of hydrogen-bond acceptors (Lipinski definition) is 5. The van der Waals surface area contributed by atoms with Crippen LogP contribution in [0.15, 0.2) is 35.1 Å². The molecule has 1 aliphatic rings. The molecule has 2 aromatic heterocycles. The Bertz CT molecular complexity index is 1090. The van der Waals surface area contributed by atoms with Crippen LogP contribution in [0.1, 0.15) is 47.6 Å². The Kier molecular flexibility index (Phi) is 5.79. The number of aryl methyl sites for hydroxylation is 2. The largest absolute Gasteiger partial charge is 0.335 e. The normalized spacial score (nSPS) is 17.8. The number of benzene rings is 1. The molecule has 0 bridgehead atoms. The topological polar surface area (TPSA) is 66.1 Å². The Labute approximate surface area is 178 Å². The van der Waals surface area contributed by atoms with Crippen molar-refractivity contribution >= 4 is 39.2 Å². The van der Waals surface area contributed by atoms with Crippen LogP contribution in [-0.4, -0.2) is 32.6 Å². The van der Waals surface area contributed by atoms with Gasteiger partial charge in [-0.05, 0) is 44.7 Å². The minimum absolute atomic E-state index is 0.0879. The third-order valence-corrected chi connectivity index (χ3v) is 7.87. The third-order valence-electron chi connectivity index (χ3n) is 5.63. The van der Waals surface area contributed by atoms with Crippen molar-refractivity contribution in [1.29, 1.82) is 0 Å². The smallest absolute Gasteiger partial charge is 0.259 e. The molecule has 4 rings (SSSR count). The van der Waals surface area contributed by atoms with Crippen molar-refractivity contribution in [2.75, 3.05) is 6.54 Å². The number of amides is 1. The summed E-state index contributed by atoms with van der Waals surface area (Å²) in [6.45, 7) is 6.72. The molecule has 0 saturated carbocycles. The first-order chi connectivity index (χ1) is 14.0. The van der Waals surface area contributed by atoms with Crippen molar-refractivity contribution in [1.82, 2.24) is 14.9 Å². The highest BCUT2D eigenvalue weighted by Crippen LogP contribution is 2.34. The summed E-state index contributed by atoms with van der Waals surface area (Å²) in [5.74, 6) is 1.31. The summed E-state index contributed by atoms with van der Waals surface area (Å²) in [6.07, 6.45) is 2.04. The van der Waals surface area contributed by atoms with Crippen molar-refractivity contribution in [2.24, 2.45) is 0 Å². The number of fused-ring (bicyclic) bond motifs is 1. The minimum atomic E-state index is -0.188. The molecule has 1 aliphatic heterocycles. The fourth-order valence-electron chi connectivity index (χ4n) is 3.93. The molecule has 1 N–H and O–H groups in total. The fourth-order valence-corrected chi connectivity index (χ4v) is 5.80. The van der Waals surface area contributed by atoms with Gasteiger partial charge in [0.15, 0.2) is 0 Å². The average Bonchev–Trinajstić information content (AvgIpc) is 3.31. The SMILES string of the molecule is Cc1sc2nc(CSC(C)C(=O)N3CCCC3c3ccccc3)[nH]c(=O)c2c1C. The number of aromatic amines is 1. The number of nitrogens with zero attached hydrogens (tertiary/aromatic N) is 2. The second kappa shape index (κ2) is 8.32. The summed E-state index contributed by atoms with van der Waals surface area (Å²) in [5, 5.41) is 0.500. The van der Waals surface area contributed by atoms with E-state index in [4.69, 9.17) is 0 Å². The summed E-state index contributed by atoms with van der Waals surface area (Å²) in [7, 11) is 0. The van der Waals surface area contributed by atoms with Gasteiger partial charge in [-0.15, -0.1) is 23.1 Å². The fraction of sp³-hybridized carbons (Fsp3) is 0.409. The Balaban J connectivity index is 1.45. The number of aromatic nitrogens is 2. The lowest BCUT2D eigenvalue weighted by atomic mass is 10.0. The number of H-pyrrole nitrogens is 1. The van der Waals surface area contributed by atoms with E-state index in [1.54, 1.807) is 11.3 Å². The molecule has 0 aliphatic carbocycles. The van der Waals surface area contributed by atoms with Gasteiger partial charge in [-0.2, -0.15) is 0 Å². The minimum Gasteiger partial charge on any atom is -0.335 e. The van der Waals surface area contributed by atoms with Crippen molar-refractivity contribution < 1.29 is 4.79 Å². The molecule has 152 valence electrons. The molecule has 7 heteroatoms. The van der Waals surface area contributed by atoms with Crippen molar-refractivity contribution in [2.45, 2.75) is 50.7 Å². The highest BCUT2D eigenvalue weighted by Gasteiger charge is 2.32. The van der Waals surface area contributed by atoms with Crippen LogP contribution in [-0.2, 0) is 10.5 Å². The van der Waals surface area contributed by atoms with Gasteiger partial charge in [0.2, 0.25) is 5.91 Å². The first-order valence-electron chi connectivity index (χ1n) is 9.91. The van der Waals surface area contributed by atoms with Gasteiger partial charge in [0.1, 0.15) is 10.7 Å². The molecule has 5 nitrogen and oxygen atoms in total. The lowest BCUT2D eigenvalue weighted by Gasteiger charge is -2.27. The summed E-state index contributed by atoms with van der Waals surface area (Å²) in [4.78, 5) is 37.0. The number of thiophene rings is 1. The van der Waals surface area contributed by atoms with Crippen LogP contribution in [0.5, 0.6) is 0 Å². The van der Waals surface area contributed by atoms with Crippen LogP contribution < -0.4 is 5.56 Å². The van der Waals surface area contributed by atoms with Gasteiger partial charge >= 0.3 is 0 Å². The van der Waals surface area contributed by atoms with E-state index in [1.165, 1.54) is 17.3 Å². The third kappa shape index (κ3) is 3.98. The second-order valence-corrected chi connectivity index (χ2v) is 10.1. The molecule has 1 fully saturated rings. The average molecular weight is 428 g/mol. The van der Waals surface area contributed by atoms with E-state index in [0.29, 0.717) is 17.0 Å². The van der Waals surface area contributed by atoms with Gasteiger partial charge in [-0.25, -0.2) is 4.98 Å². The number of rotatable bonds is 5. The summed E-state index contributed by atoms with van der Waals surface area (Å²) < 4.78 is 0. The van der Waals surface area contributed by atoms with E-state index in [1.807, 2.05) is 43.9 Å². The highest BCUT2D eigenvalue weighted by molar-refractivity contribution is 7.99. The zero-order chi connectivity index (χ0) is 20.5. The molecule has 3 heterocycles. The van der Waals surface area contributed by atoms with E-state index in [-0.39, 0.29) is 22.8 Å². The molecular formula is C22H25N3O2S2. The van der Waals surface area contributed by atoms with Gasteiger partial charge in [-0.1, -0.05) is 30.3 Å². The van der Waals surface area contributed by atoms with E-state index in [2.05, 4.69) is 22.1 Å². The quantitative estimate of drug-likeness (QED) is 0.647. The number of nitrogens with one attached hydrogen (secondary N) is 1. The van der Waals surface area contributed by atoms with Gasteiger partial charge < -0.3 is 9.88 Å². The van der Waals surface area contributed by atoms with E-state index in [9.17, 15) is 9.59 Å². The predicted octanol–water partition coefficient (Wildman–Crippen LogP) is 4.59. The molecule has 1 saturated heterocycles. The highest BCUT2D eigenvalue weighted by atomic mass is 32.2. The van der Waals surface area contributed by atoms with E-state index in [0.717, 1.165) is 34.7 Å². The second-order valence-electron chi connectivity index (χ2n) is 7.53. The molecular weight excluding hydrogens is 402 g/mol. The maximum absolute atomic E-state index is 13.1. The molecule has 0 radical (unpaired) electrons. The maximum atomic E-state index is 13.1. The molecule has 1 amide bonds. The molecule has 2 atom stereocenters. The summed E-state index contributed by atoms with van der Waals surface area (Å²) in [6, 6.07) is 10.4. The van der Waals surface area contributed by atoms with E-state index < -0.39 is 0 Å². The van der Waals surface area contributed by atoms with Crippen LogP contribution >= 0.6 is 23.1 Å². The summed E-state index contributed by atoms with van der Waals surface area (Å²) in [5.41, 5.74) is 2.12. The number of hydrogen-bond donors (Lipinski definition) is 1. The van der Waals surface area contributed by atoms with Crippen molar-refractivity contribution in [3.63, 3.8) is 0 Å². The van der Waals surface area contributed by atoms with Crippen molar-refractivity contribution in [3.05, 3.63) is 62.5 Å². The molecule has 2 unspecified atom stereocenters. The predicted molar refractivity (Wildman–Crippen MR) is 121 cm³/mol. The van der Waals surface area contributed by atoms with Crippen LogP contribution in [0, 0.1) is 13.8 Å². The van der Waals surface area contributed by atoms with Gasteiger partial charge in [0.25, 0.3) is 5.56 Å². The first kappa shape index (κ1) is 20.2. The number of likely N-dealkylation sites (tertiary alicyclic amines) is 1. The van der Waals surface area contributed by atoms with Gasteiger partial charge in [0, 0.05) is 11.4 Å². The zero-order valence-electron chi connectivity index (χ0n) is 16.9. The number of carbonyl (C=O) groups excluding carboxylic acids is 1. The Morgan fingerprint density at radius 2 is 2.10 bits per heavy atom. The Morgan fingerprint density at radius 3 is 2.86 bits per heavy atom. The lowest BCUT2D eigenvalue weighted by Crippen LogP contribution is -2.36. The molecule has 1 aromatic carbocycles. The molecule has 29 heavy (non-hydrogen) atoms. The zero-order valence-corrected chi connectivity index (χ0v) is 18.5. The van der Waals surface area contributed by atoms with Crippen LogP contribution in [0.25, 0.3) is 10.2 Å². The Morgan fingerprint density at radius 1 is 1.34 bits per heavy atom. The monoisotopic (exact) mass is 427 g/mol. The Hall–Kier alpha value is -2.12. The molecule has 0 spiro atoms. The van der Waals surface area contributed by atoms with Crippen LogP contribution in [0.2, 0.25) is 0 Å². The van der Waals surface area contributed by atoms with E-state index >= 15 is 0 Å². The van der Waals surface area contributed by atoms with Gasteiger partial charge in [0.05, 0.1) is 22.4 Å².